The van der Waals surface area contributed by atoms with E-state index < -0.39 is 11.2 Å². The molecule has 0 atom stereocenters. The lowest BCUT2D eigenvalue weighted by Gasteiger charge is -2.26. The minimum atomic E-state index is -0.536. The number of aromatic nitrogens is 2. The molecule has 1 saturated carbocycles. The van der Waals surface area contributed by atoms with E-state index in [4.69, 9.17) is 0 Å². The molecule has 0 spiro atoms. The van der Waals surface area contributed by atoms with Crippen LogP contribution in [0.4, 0.5) is 0 Å². The lowest BCUT2D eigenvalue weighted by molar-refractivity contribution is 0.228. The van der Waals surface area contributed by atoms with Crippen LogP contribution in [0.15, 0.2) is 14.6 Å². The van der Waals surface area contributed by atoms with Crippen LogP contribution in [0.25, 0.3) is 0 Å². The van der Waals surface area contributed by atoms with Crippen molar-refractivity contribution < 1.29 is 5.11 Å². The van der Waals surface area contributed by atoms with Crippen LogP contribution in [0.1, 0.15) is 82.7 Å². The van der Waals surface area contributed by atoms with Crippen molar-refractivity contribution >= 4 is 5.71 Å². The average Bonchev–Trinajstić information content (AvgIpc) is 2.71. The van der Waals surface area contributed by atoms with Gasteiger partial charge in [0.15, 0.2) is 0 Å². The number of hydrogen-bond acceptors (Lipinski definition) is 5. The summed E-state index contributed by atoms with van der Waals surface area (Å²) in [4.78, 5) is 34.3. The highest BCUT2D eigenvalue weighted by Crippen LogP contribution is 2.30. The van der Waals surface area contributed by atoms with Gasteiger partial charge in [-0.15, -0.1) is 0 Å². The molecule has 1 aromatic heterocycles. The van der Waals surface area contributed by atoms with Crippen molar-refractivity contribution in [1.82, 2.24) is 14.5 Å². The third-order valence-corrected chi connectivity index (χ3v) is 6.07. The molecule has 1 aromatic rings. The third kappa shape index (κ3) is 4.93. The molecule has 28 heavy (non-hydrogen) atoms. The van der Waals surface area contributed by atoms with Crippen molar-refractivity contribution in [3.63, 3.8) is 0 Å². The Balaban J connectivity index is 1.77. The van der Waals surface area contributed by atoms with Crippen molar-refractivity contribution in [3.8, 4) is 5.88 Å². The second kappa shape index (κ2) is 10.0. The van der Waals surface area contributed by atoms with Crippen LogP contribution in [-0.2, 0) is 0 Å². The quantitative estimate of drug-likeness (QED) is 0.553. The van der Waals surface area contributed by atoms with E-state index in [-0.39, 0.29) is 17.5 Å². The van der Waals surface area contributed by atoms with E-state index >= 15 is 0 Å². The molecule has 1 aliphatic heterocycles. The van der Waals surface area contributed by atoms with Gasteiger partial charge < -0.3 is 10.0 Å². The monoisotopic (exact) mass is 390 g/mol. The molecule has 0 amide bonds. The summed E-state index contributed by atoms with van der Waals surface area (Å²) in [7, 11) is 0. The van der Waals surface area contributed by atoms with Gasteiger partial charge in [-0.2, -0.15) is 0 Å². The predicted molar refractivity (Wildman–Crippen MR) is 112 cm³/mol. The molecular formula is C21H34N4O3. The number of nitrogens with one attached hydrogen (secondary N) is 1. The van der Waals surface area contributed by atoms with Crippen LogP contribution in [-0.4, -0.2) is 51.4 Å². The van der Waals surface area contributed by atoms with Gasteiger partial charge in [0.2, 0.25) is 5.88 Å². The fourth-order valence-corrected chi connectivity index (χ4v) is 4.54. The molecule has 2 N–H and O–H groups in total. The van der Waals surface area contributed by atoms with Crippen LogP contribution in [0.2, 0.25) is 0 Å². The average molecular weight is 391 g/mol. The Morgan fingerprint density at radius 2 is 1.79 bits per heavy atom. The fourth-order valence-electron chi connectivity index (χ4n) is 4.54. The minimum absolute atomic E-state index is 0.0472. The number of likely N-dealkylation sites (tertiary alicyclic amines) is 1. The lowest BCUT2D eigenvalue weighted by Crippen LogP contribution is -2.36. The number of aromatic hydroxyl groups is 1. The Kier molecular flexibility index (Phi) is 7.48. The Morgan fingerprint density at radius 1 is 1.11 bits per heavy atom. The number of piperidine rings is 1. The zero-order valence-corrected chi connectivity index (χ0v) is 17.1. The van der Waals surface area contributed by atoms with E-state index in [9.17, 15) is 14.7 Å². The van der Waals surface area contributed by atoms with Crippen LogP contribution < -0.4 is 11.2 Å². The summed E-state index contributed by atoms with van der Waals surface area (Å²) in [5, 5.41) is 10.8. The van der Waals surface area contributed by atoms with Gasteiger partial charge in [-0.25, -0.2) is 4.79 Å². The summed E-state index contributed by atoms with van der Waals surface area (Å²) in [6.45, 7) is 5.90. The molecule has 7 nitrogen and oxygen atoms in total. The van der Waals surface area contributed by atoms with Crippen molar-refractivity contribution in [2.24, 2.45) is 4.99 Å². The van der Waals surface area contributed by atoms with E-state index in [2.05, 4.69) is 14.9 Å². The summed E-state index contributed by atoms with van der Waals surface area (Å²) in [6.07, 6.45) is 10.3. The van der Waals surface area contributed by atoms with Crippen LogP contribution in [0.3, 0.4) is 0 Å². The van der Waals surface area contributed by atoms with E-state index in [1.165, 1.54) is 23.8 Å². The van der Waals surface area contributed by atoms with Crippen LogP contribution >= 0.6 is 0 Å². The number of rotatable bonds is 7. The van der Waals surface area contributed by atoms with Gasteiger partial charge >= 0.3 is 5.69 Å². The summed E-state index contributed by atoms with van der Waals surface area (Å²) in [6, 6.07) is -0.0472. The highest BCUT2D eigenvalue weighted by atomic mass is 16.3. The minimum Gasteiger partial charge on any atom is -0.494 e. The summed E-state index contributed by atoms with van der Waals surface area (Å²) < 4.78 is 1.38. The third-order valence-electron chi connectivity index (χ3n) is 6.07. The van der Waals surface area contributed by atoms with Crippen molar-refractivity contribution in [1.29, 1.82) is 0 Å². The molecule has 7 heteroatoms. The SMILES string of the molecule is CCC(=NCCCN1CCCCC1)c1c(O)n(C2CCCCC2)c(=O)[nH]c1=O. The lowest BCUT2D eigenvalue weighted by atomic mass is 9.95. The molecule has 0 aromatic carbocycles. The number of aromatic amines is 1. The van der Waals surface area contributed by atoms with Gasteiger partial charge in [0.05, 0.1) is 5.71 Å². The highest BCUT2D eigenvalue weighted by Gasteiger charge is 2.24. The molecule has 2 aliphatic rings. The predicted octanol–water partition coefficient (Wildman–Crippen LogP) is 2.82. The largest absolute Gasteiger partial charge is 0.494 e. The van der Waals surface area contributed by atoms with Gasteiger partial charge in [0, 0.05) is 12.6 Å². The fraction of sp³-hybridized carbons (Fsp3) is 0.762. The van der Waals surface area contributed by atoms with Gasteiger partial charge in [-0.05, 0) is 58.2 Å². The Hall–Kier alpha value is -1.89. The van der Waals surface area contributed by atoms with Crippen molar-refractivity contribution in [3.05, 3.63) is 26.4 Å². The van der Waals surface area contributed by atoms with Crippen LogP contribution in [0, 0.1) is 0 Å². The maximum Gasteiger partial charge on any atom is 0.331 e. The zero-order valence-electron chi connectivity index (χ0n) is 17.1. The van der Waals surface area contributed by atoms with E-state index in [0.717, 1.165) is 58.2 Å². The van der Waals surface area contributed by atoms with Crippen molar-refractivity contribution in [2.75, 3.05) is 26.2 Å². The number of hydrogen-bond donors (Lipinski definition) is 2. The molecule has 2 heterocycles. The topological polar surface area (TPSA) is 90.7 Å². The maximum atomic E-state index is 12.5. The second-order valence-corrected chi connectivity index (χ2v) is 8.06. The summed E-state index contributed by atoms with van der Waals surface area (Å²) in [5.74, 6) is -0.211. The van der Waals surface area contributed by atoms with Gasteiger partial charge in [-0.3, -0.25) is 19.3 Å². The molecule has 0 bridgehead atoms. The van der Waals surface area contributed by atoms with Gasteiger partial charge in [-0.1, -0.05) is 32.6 Å². The molecule has 2 fully saturated rings. The normalized spacial score (nSPS) is 19.8. The first kappa shape index (κ1) is 20.8. The smallest absolute Gasteiger partial charge is 0.331 e. The van der Waals surface area contributed by atoms with Gasteiger partial charge in [0.25, 0.3) is 5.56 Å². The number of nitrogens with zero attached hydrogens (tertiary/aromatic N) is 3. The van der Waals surface area contributed by atoms with E-state index in [1.54, 1.807) is 0 Å². The summed E-state index contributed by atoms with van der Waals surface area (Å²) in [5.41, 5.74) is -0.294. The summed E-state index contributed by atoms with van der Waals surface area (Å²) >= 11 is 0. The molecule has 156 valence electrons. The number of aliphatic imine (C=N–C) groups is 1. The van der Waals surface area contributed by atoms with E-state index in [1.807, 2.05) is 6.92 Å². The van der Waals surface area contributed by atoms with Crippen molar-refractivity contribution in [2.45, 2.75) is 77.2 Å². The first-order valence-electron chi connectivity index (χ1n) is 11.0. The van der Waals surface area contributed by atoms with E-state index in [0.29, 0.717) is 18.7 Å². The first-order chi connectivity index (χ1) is 13.6. The Labute approximate surface area is 166 Å². The number of H-pyrrole nitrogens is 1. The maximum absolute atomic E-state index is 12.5. The molecule has 1 aliphatic carbocycles. The molecule has 0 unspecified atom stereocenters. The molecular weight excluding hydrogens is 356 g/mol. The first-order valence-corrected chi connectivity index (χ1v) is 11.0. The second-order valence-electron chi connectivity index (χ2n) is 8.06. The van der Waals surface area contributed by atoms with Crippen LogP contribution in [0.5, 0.6) is 5.88 Å². The standard InChI is InChI=1S/C21H34N4O3/c1-2-17(22-12-9-15-24-13-7-4-8-14-24)18-19(26)23-21(28)25(20(18)27)16-10-5-3-6-11-16/h16,27H,2-15H2,1H3,(H,23,26,28). The van der Waals surface area contributed by atoms with Gasteiger partial charge in [0.1, 0.15) is 5.56 Å². The molecule has 3 rings (SSSR count). The molecule has 1 saturated heterocycles. The molecule has 0 radical (unpaired) electrons. The Morgan fingerprint density at radius 3 is 2.46 bits per heavy atom. The Bertz CT molecular complexity index is 784. The zero-order chi connectivity index (χ0) is 19.9. The highest BCUT2D eigenvalue weighted by molar-refractivity contribution is 6.01.